The lowest BCUT2D eigenvalue weighted by Crippen LogP contribution is -2.34. The quantitative estimate of drug-likeness (QED) is 0.188. The third-order valence-electron chi connectivity index (χ3n) is 5.37. The van der Waals surface area contributed by atoms with E-state index >= 15 is 0 Å². The molecule has 0 bridgehead atoms. The third-order valence-corrected chi connectivity index (χ3v) is 6.47. The Morgan fingerprint density at radius 2 is 1.72 bits per heavy atom. The molecule has 1 amide bonds. The van der Waals surface area contributed by atoms with Crippen molar-refractivity contribution in [2.75, 3.05) is 18.5 Å². The third kappa shape index (κ3) is 7.63. The van der Waals surface area contributed by atoms with Gasteiger partial charge >= 0.3 is 5.97 Å². The van der Waals surface area contributed by atoms with Crippen LogP contribution in [-0.2, 0) is 14.9 Å². The van der Waals surface area contributed by atoms with Crippen LogP contribution >= 0.6 is 23.6 Å². The van der Waals surface area contributed by atoms with Gasteiger partial charge in [0.25, 0.3) is 0 Å². The number of hydrogen-bond acceptors (Lipinski definition) is 6. The van der Waals surface area contributed by atoms with Crippen molar-refractivity contribution >= 4 is 45.5 Å². The van der Waals surface area contributed by atoms with Crippen molar-refractivity contribution in [3.8, 4) is 16.9 Å². The number of thiophene rings is 1. The van der Waals surface area contributed by atoms with Crippen LogP contribution in [0.1, 0.15) is 56.5 Å². The van der Waals surface area contributed by atoms with E-state index < -0.39 is 5.97 Å². The topological polar surface area (TPSA) is 76.7 Å². The highest BCUT2D eigenvalue weighted by Crippen LogP contribution is 2.36. The number of rotatable bonds is 9. The summed E-state index contributed by atoms with van der Waals surface area (Å²) in [6, 6.07) is 17.6. The number of benzene rings is 2. The van der Waals surface area contributed by atoms with E-state index in [9.17, 15) is 9.59 Å². The van der Waals surface area contributed by atoms with E-state index in [0.717, 1.165) is 16.9 Å². The van der Waals surface area contributed by atoms with Crippen LogP contribution in [0.25, 0.3) is 11.1 Å². The van der Waals surface area contributed by atoms with Crippen molar-refractivity contribution in [1.82, 2.24) is 5.32 Å². The van der Waals surface area contributed by atoms with Crippen LogP contribution in [0.2, 0.25) is 0 Å². The Morgan fingerprint density at radius 3 is 2.36 bits per heavy atom. The van der Waals surface area contributed by atoms with E-state index in [4.69, 9.17) is 21.7 Å². The molecule has 0 saturated carbocycles. The predicted octanol–water partition coefficient (Wildman–Crippen LogP) is 6.56. The second kappa shape index (κ2) is 12.6. The van der Waals surface area contributed by atoms with Crippen LogP contribution in [0, 0.1) is 0 Å². The van der Waals surface area contributed by atoms with Crippen LogP contribution < -0.4 is 15.4 Å². The van der Waals surface area contributed by atoms with Crippen molar-refractivity contribution in [3.63, 3.8) is 0 Å². The van der Waals surface area contributed by atoms with E-state index in [2.05, 4.69) is 43.5 Å². The number of carbonyl (C=O) groups is 2. The molecule has 3 aromatic rings. The molecule has 6 nitrogen and oxygen atoms in total. The summed E-state index contributed by atoms with van der Waals surface area (Å²) in [5, 5.41) is 8.20. The van der Waals surface area contributed by atoms with Gasteiger partial charge in [-0.3, -0.25) is 4.79 Å². The van der Waals surface area contributed by atoms with Gasteiger partial charge in [0.05, 0.1) is 13.2 Å². The zero-order chi connectivity index (χ0) is 26.1. The second-order valence-electron chi connectivity index (χ2n) is 9.17. The normalized spacial score (nSPS) is 11.0. The first kappa shape index (κ1) is 27.4. The lowest BCUT2D eigenvalue weighted by atomic mass is 9.87. The molecule has 8 heteroatoms. The first-order chi connectivity index (χ1) is 17.2. The van der Waals surface area contributed by atoms with E-state index in [0.29, 0.717) is 23.6 Å². The maximum atomic E-state index is 12.7. The Morgan fingerprint density at radius 1 is 1.03 bits per heavy atom. The van der Waals surface area contributed by atoms with E-state index in [1.54, 1.807) is 6.92 Å². The molecule has 0 aliphatic rings. The average Bonchev–Trinajstić information content (AvgIpc) is 3.25. The molecule has 0 spiro atoms. The first-order valence-corrected chi connectivity index (χ1v) is 13.2. The zero-order valence-corrected chi connectivity index (χ0v) is 22.7. The Bertz CT molecular complexity index is 1180. The van der Waals surface area contributed by atoms with Crippen molar-refractivity contribution in [2.45, 2.75) is 46.0 Å². The summed E-state index contributed by atoms with van der Waals surface area (Å²) < 4.78 is 11.0. The summed E-state index contributed by atoms with van der Waals surface area (Å²) in [5.74, 6) is 0.109. The molecule has 0 saturated heterocycles. The van der Waals surface area contributed by atoms with E-state index in [1.807, 2.05) is 47.8 Å². The zero-order valence-electron chi connectivity index (χ0n) is 21.1. The molecule has 0 unspecified atom stereocenters. The molecule has 3 rings (SSSR count). The molecular weight excluding hydrogens is 492 g/mol. The minimum absolute atomic E-state index is 0.0897. The van der Waals surface area contributed by atoms with Gasteiger partial charge in [0.15, 0.2) is 5.11 Å². The Hall–Kier alpha value is -3.23. The summed E-state index contributed by atoms with van der Waals surface area (Å²) in [4.78, 5) is 25.1. The van der Waals surface area contributed by atoms with Crippen LogP contribution in [0.5, 0.6) is 5.75 Å². The van der Waals surface area contributed by atoms with Crippen LogP contribution in [-0.4, -0.2) is 30.2 Å². The molecule has 1 aromatic heterocycles. The van der Waals surface area contributed by atoms with Crippen molar-refractivity contribution in [3.05, 3.63) is 71.1 Å². The van der Waals surface area contributed by atoms with Crippen molar-refractivity contribution < 1.29 is 19.1 Å². The summed E-state index contributed by atoms with van der Waals surface area (Å²) in [6.07, 6.45) is 0.799. The highest BCUT2D eigenvalue weighted by molar-refractivity contribution is 7.80. The van der Waals surface area contributed by atoms with E-state index in [-0.39, 0.29) is 29.5 Å². The maximum Gasteiger partial charge on any atom is 0.341 e. The van der Waals surface area contributed by atoms with Gasteiger partial charge in [-0.25, -0.2) is 4.79 Å². The highest BCUT2D eigenvalue weighted by Gasteiger charge is 2.22. The predicted molar refractivity (Wildman–Crippen MR) is 150 cm³/mol. The largest absolute Gasteiger partial charge is 0.494 e. The number of thiocarbonyl (C=S) groups is 1. The van der Waals surface area contributed by atoms with Gasteiger partial charge in [0.2, 0.25) is 5.91 Å². The van der Waals surface area contributed by atoms with Gasteiger partial charge in [-0.1, -0.05) is 63.2 Å². The summed E-state index contributed by atoms with van der Waals surface area (Å²) in [6.45, 7) is 8.93. The molecule has 0 aliphatic heterocycles. The molecule has 2 aromatic carbocycles. The Balaban J connectivity index is 1.52. The molecule has 190 valence electrons. The van der Waals surface area contributed by atoms with Crippen LogP contribution in [0.4, 0.5) is 5.00 Å². The highest BCUT2D eigenvalue weighted by atomic mass is 32.1. The van der Waals surface area contributed by atoms with E-state index in [1.165, 1.54) is 16.9 Å². The fourth-order valence-corrected chi connectivity index (χ4v) is 4.73. The van der Waals surface area contributed by atoms with Gasteiger partial charge in [-0.15, -0.1) is 11.3 Å². The summed E-state index contributed by atoms with van der Waals surface area (Å²) >= 11 is 6.66. The minimum atomic E-state index is -0.443. The first-order valence-electron chi connectivity index (χ1n) is 11.9. The number of hydrogen-bond donors (Lipinski definition) is 2. The van der Waals surface area contributed by atoms with Gasteiger partial charge in [-0.2, -0.15) is 0 Å². The number of carbonyl (C=O) groups excluding carboxylic acids is 2. The minimum Gasteiger partial charge on any atom is -0.494 e. The SMILES string of the molecule is CCOC(=O)c1c(-c2ccccc2)csc1NC(=S)NC(=O)CCCOc1ccc(C(C)(C)C)cc1. The number of nitrogens with one attached hydrogen (secondary N) is 2. The number of anilines is 1. The van der Waals surface area contributed by atoms with Gasteiger partial charge in [-0.05, 0) is 54.2 Å². The summed E-state index contributed by atoms with van der Waals surface area (Å²) in [5.41, 5.74) is 3.38. The van der Waals surface area contributed by atoms with Gasteiger partial charge < -0.3 is 20.1 Å². The molecule has 0 atom stereocenters. The van der Waals surface area contributed by atoms with Crippen molar-refractivity contribution in [1.29, 1.82) is 0 Å². The molecule has 2 N–H and O–H groups in total. The molecule has 36 heavy (non-hydrogen) atoms. The lowest BCUT2D eigenvalue weighted by Gasteiger charge is -2.19. The standard InChI is InChI=1S/C28H32N2O4S2/c1-5-33-26(32)24-22(19-10-7-6-8-11-19)18-36-25(24)30-27(35)29-23(31)12-9-17-34-21-15-13-20(14-16-21)28(2,3)4/h6-8,10-11,13-16,18H,5,9,12,17H2,1-4H3,(H2,29,30,31,35). The van der Waals surface area contributed by atoms with Gasteiger partial charge in [0.1, 0.15) is 16.3 Å². The average molecular weight is 525 g/mol. The fourth-order valence-electron chi connectivity index (χ4n) is 3.48. The van der Waals surface area contributed by atoms with Crippen LogP contribution in [0.15, 0.2) is 60.0 Å². The van der Waals surface area contributed by atoms with Crippen molar-refractivity contribution in [2.24, 2.45) is 0 Å². The smallest absolute Gasteiger partial charge is 0.341 e. The summed E-state index contributed by atoms with van der Waals surface area (Å²) in [7, 11) is 0. The number of ether oxygens (including phenoxy) is 2. The maximum absolute atomic E-state index is 12.7. The monoisotopic (exact) mass is 524 g/mol. The second-order valence-corrected chi connectivity index (χ2v) is 10.5. The Kier molecular flexibility index (Phi) is 9.61. The fraction of sp³-hybridized carbons (Fsp3) is 0.321. The number of amides is 1. The Labute approximate surface area is 222 Å². The van der Waals surface area contributed by atoms with Crippen LogP contribution in [0.3, 0.4) is 0 Å². The number of esters is 1. The molecule has 1 heterocycles. The van der Waals surface area contributed by atoms with Gasteiger partial charge in [0, 0.05) is 17.4 Å². The molecule has 0 aliphatic carbocycles. The lowest BCUT2D eigenvalue weighted by molar-refractivity contribution is -0.119. The molecular formula is C28H32N2O4S2. The molecule has 0 radical (unpaired) electrons. The molecule has 0 fully saturated rings.